The van der Waals surface area contributed by atoms with Crippen molar-refractivity contribution in [2.75, 3.05) is 26.3 Å². The van der Waals surface area contributed by atoms with Crippen LogP contribution in [0.4, 0.5) is 4.79 Å². The van der Waals surface area contributed by atoms with Crippen molar-refractivity contribution in [2.24, 2.45) is 0 Å². The van der Waals surface area contributed by atoms with E-state index in [4.69, 9.17) is 10.2 Å². The summed E-state index contributed by atoms with van der Waals surface area (Å²) in [4.78, 5) is 11.0. The monoisotopic (exact) mass is 204 g/mol. The van der Waals surface area contributed by atoms with Crippen molar-refractivity contribution in [1.82, 2.24) is 10.6 Å². The molecular formula is C9H20N2O3. The van der Waals surface area contributed by atoms with Gasteiger partial charge in [0.05, 0.1) is 0 Å². The van der Waals surface area contributed by atoms with Crippen molar-refractivity contribution in [3.8, 4) is 0 Å². The molecule has 0 rings (SSSR count). The lowest BCUT2D eigenvalue weighted by Crippen LogP contribution is -2.36. The van der Waals surface area contributed by atoms with Crippen LogP contribution in [0, 0.1) is 0 Å². The number of urea groups is 1. The van der Waals surface area contributed by atoms with Gasteiger partial charge in [0.2, 0.25) is 0 Å². The maximum absolute atomic E-state index is 11.0. The van der Waals surface area contributed by atoms with Crippen molar-refractivity contribution in [3.05, 3.63) is 0 Å². The van der Waals surface area contributed by atoms with Gasteiger partial charge in [0.25, 0.3) is 0 Å². The van der Waals surface area contributed by atoms with E-state index < -0.39 is 0 Å². The summed E-state index contributed by atoms with van der Waals surface area (Å²) in [5.41, 5.74) is 0. The van der Waals surface area contributed by atoms with Gasteiger partial charge in [0.15, 0.2) is 0 Å². The Labute approximate surface area is 84.5 Å². The first-order valence-electron chi connectivity index (χ1n) is 5.04. The highest BCUT2D eigenvalue weighted by atomic mass is 16.3. The molecule has 0 heterocycles. The molecule has 0 saturated heterocycles. The molecule has 0 atom stereocenters. The topological polar surface area (TPSA) is 81.6 Å². The first-order chi connectivity index (χ1) is 6.81. The molecule has 0 aliphatic carbocycles. The summed E-state index contributed by atoms with van der Waals surface area (Å²) in [6.07, 6.45) is 3.01. The molecular weight excluding hydrogens is 184 g/mol. The molecule has 84 valence electrons. The normalized spacial score (nSPS) is 9.86. The Morgan fingerprint density at radius 3 is 1.64 bits per heavy atom. The Hall–Kier alpha value is -0.810. The van der Waals surface area contributed by atoms with E-state index in [1.165, 1.54) is 0 Å². The van der Waals surface area contributed by atoms with E-state index in [9.17, 15) is 4.79 Å². The number of aliphatic hydroxyl groups is 2. The second kappa shape index (κ2) is 10.3. The van der Waals surface area contributed by atoms with Crippen molar-refractivity contribution < 1.29 is 15.0 Å². The molecule has 14 heavy (non-hydrogen) atoms. The Kier molecular flexibility index (Phi) is 9.68. The van der Waals surface area contributed by atoms with Crippen LogP contribution in [0.5, 0.6) is 0 Å². The fourth-order valence-corrected chi connectivity index (χ4v) is 0.940. The van der Waals surface area contributed by atoms with E-state index in [1.807, 2.05) is 0 Å². The molecule has 0 aliphatic heterocycles. The number of hydrogen-bond acceptors (Lipinski definition) is 3. The molecule has 0 fully saturated rings. The predicted octanol–water partition coefficient (Wildman–Crippen LogP) is -0.169. The second-order valence-corrected chi connectivity index (χ2v) is 3.04. The van der Waals surface area contributed by atoms with E-state index in [0.717, 1.165) is 12.8 Å². The van der Waals surface area contributed by atoms with Crippen molar-refractivity contribution in [3.63, 3.8) is 0 Å². The van der Waals surface area contributed by atoms with Crippen LogP contribution >= 0.6 is 0 Å². The Balaban J connectivity index is 3.11. The summed E-state index contributed by atoms with van der Waals surface area (Å²) in [6.45, 7) is 1.51. The molecule has 0 radical (unpaired) electrons. The first-order valence-corrected chi connectivity index (χ1v) is 5.04. The fourth-order valence-electron chi connectivity index (χ4n) is 0.940. The van der Waals surface area contributed by atoms with E-state index in [1.54, 1.807) is 0 Å². The molecule has 4 N–H and O–H groups in total. The fraction of sp³-hybridized carbons (Fsp3) is 0.889. The highest BCUT2D eigenvalue weighted by molar-refractivity contribution is 5.73. The maximum Gasteiger partial charge on any atom is 0.314 e. The van der Waals surface area contributed by atoms with Crippen LogP contribution in [-0.2, 0) is 0 Å². The SMILES string of the molecule is O=C(NCCCCO)NCCCCO. The molecule has 5 nitrogen and oxygen atoms in total. The third kappa shape index (κ3) is 9.28. The van der Waals surface area contributed by atoms with E-state index in [2.05, 4.69) is 10.6 Å². The van der Waals surface area contributed by atoms with Crippen LogP contribution in [0.15, 0.2) is 0 Å². The highest BCUT2D eigenvalue weighted by Crippen LogP contribution is 1.85. The number of hydrogen-bond donors (Lipinski definition) is 4. The lowest BCUT2D eigenvalue weighted by atomic mass is 10.3. The number of unbranched alkanes of at least 4 members (excludes halogenated alkanes) is 2. The molecule has 0 bridgehead atoms. The van der Waals surface area contributed by atoms with E-state index in [0.29, 0.717) is 25.9 Å². The molecule has 0 unspecified atom stereocenters. The number of amides is 2. The van der Waals surface area contributed by atoms with Gasteiger partial charge in [-0.25, -0.2) is 4.79 Å². The van der Waals surface area contributed by atoms with Crippen LogP contribution in [-0.4, -0.2) is 42.5 Å². The number of carbonyl (C=O) groups is 1. The molecule has 0 saturated carbocycles. The van der Waals surface area contributed by atoms with Gasteiger partial charge in [-0.1, -0.05) is 0 Å². The van der Waals surface area contributed by atoms with Gasteiger partial charge in [-0.05, 0) is 25.7 Å². The molecule has 5 heteroatoms. The average Bonchev–Trinajstić information content (AvgIpc) is 2.19. The lowest BCUT2D eigenvalue weighted by Gasteiger charge is -2.06. The van der Waals surface area contributed by atoms with Crippen LogP contribution in [0.3, 0.4) is 0 Å². The molecule has 0 aromatic rings. The van der Waals surface area contributed by atoms with Gasteiger partial charge < -0.3 is 20.8 Å². The molecule has 2 amide bonds. The number of rotatable bonds is 8. The number of nitrogens with one attached hydrogen (secondary N) is 2. The molecule has 0 spiro atoms. The van der Waals surface area contributed by atoms with Gasteiger partial charge in [0.1, 0.15) is 0 Å². The van der Waals surface area contributed by atoms with E-state index >= 15 is 0 Å². The zero-order valence-electron chi connectivity index (χ0n) is 8.46. The summed E-state index contributed by atoms with van der Waals surface area (Å²) in [5.74, 6) is 0. The summed E-state index contributed by atoms with van der Waals surface area (Å²) in [7, 11) is 0. The van der Waals surface area contributed by atoms with Crippen LogP contribution in [0.2, 0.25) is 0 Å². The summed E-state index contributed by atoms with van der Waals surface area (Å²) < 4.78 is 0. The Morgan fingerprint density at radius 2 is 1.29 bits per heavy atom. The number of aliphatic hydroxyl groups excluding tert-OH is 2. The summed E-state index contributed by atoms with van der Waals surface area (Å²) in [6, 6.07) is -0.180. The van der Waals surface area contributed by atoms with E-state index in [-0.39, 0.29) is 19.2 Å². The van der Waals surface area contributed by atoms with Gasteiger partial charge >= 0.3 is 6.03 Å². The molecule has 0 aromatic carbocycles. The Morgan fingerprint density at radius 1 is 0.857 bits per heavy atom. The maximum atomic E-state index is 11.0. The largest absolute Gasteiger partial charge is 0.396 e. The smallest absolute Gasteiger partial charge is 0.314 e. The van der Waals surface area contributed by atoms with Crippen molar-refractivity contribution >= 4 is 6.03 Å². The van der Waals surface area contributed by atoms with Crippen LogP contribution < -0.4 is 10.6 Å². The number of carbonyl (C=O) groups excluding carboxylic acids is 1. The minimum atomic E-state index is -0.180. The molecule has 0 aromatic heterocycles. The summed E-state index contributed by atoms with van der Waals surface area (Å²) >= 11 is 0. The van der Waals surface area contributed by atoms with Crippen molar-refractivity contribution in [1.29, 1.82) is 0 Å². The van der Waals surface area contributed by atoms with Crippen molar-refractivity contribution in [2.45, 2.75) is 25.7 Å². The zero-order valence-corrected chi connectivity index (χ0v) is 8.46. The highest BCUT2D eigenvalue weighted by Gasteiger charge is 1.97. The third-order valence-corrected chi connectivity index (χ3v) is 1.74. The lowest BCUT2D eigenvalue weighted by molar-refractivity contribution is 0.238. The van der Waals surface area contributed by atoms with Gasteiger partial charge in [-0.15, -0.1) is 0 Å². The average molecular weight is 204 g/mol. The molecule has 0 aliphatic rings. The second-order valence-electron chi connectivity index (χ2n) is 3.04. The van der Waals surface area contributed by atoms with Crippen LogP contribution in [0.1, 0.15) is 25.7 Å². The van der Waals surface area contributed by atoms with Gasteiger partial charge in [0, 0.05) is 26.3 Å². The van der Waals surface area contributed by atoms with Crippen LogP contribution in [0.25, 0.3) is 0 Å². The predicted molar refractivity (Wildman–Crippen MR) is 54.0 cm³/mol. The minimum Gasteiger partial charge on any atom is -0.396 e. The first kappa shape index (κ1) is 13.2. The summed E-state index contributed by atoms with van der Waals surface area (Å²) in [5, 5.41) is 22.3. The third-order valence-electron chi connectivity index (χ3n) is 1.74. The standard InChI is InChI=1S/C9H20N2O3/c12-7-3-1-5-10-9(14)11-6-2-4-8-13/h12-13H,1-8H2,(H2,10,11,14). The Bertz CT molecular complexity index is 128. The van der Waals surface area contributed by atoms with Gasteiger partial charge in [-0.3, -0.25) is 0 Å². The van der Waals surface area contributed by atoms with Gasteiger partial charge in [-0.2, -0.15) is 0 Å². The minimum absolute atomic E-state index is 0.166. The zero-order chi connectivity index (χ0) is 10.6. The quantitative estimate of drug-likeness (QED) is 0.414.